The van der Waals surface area contributed by atoms with Gasteiger partial charge in [-0.3, -0.25) is 9.62 Å². The fourth-order valence-electron chi connectivity index (χ4n) is 2.14. The van der Waals surface area contributed by atoms with E-state index in [9.17, 15) is 0 Å². The predicted octanol–water partition coefficient (Wildman–Crippen LogP) is 2.36. The zero-order chi connectivity index (χ0) is 10.4. The van der Waals surface area contributed by atoms with Gasteiger partial charge in [0.25, 0.3) is 0 Å². The summed E-state index contributed by atoms with van der Waals surface area (Å²) in [5.41, 5.74) is 0. The van der Waals surface area contributed by atoms with E-state index in [-0.39, 0.29) is 0 Å². The van der Waals surface area contributed by atoms with Gasteiger partial charge in [-0.1, -0.05) is 32.7 Å². The molecule has 2 rings (SSSR count). The van der Waals surface area contributed by atoms with E-state index in [4.69, 9.17) is 0 Å². The van der Waals surface area contributed by atoms with Gasteiger partial charge in [-0.05, 0) is 25.3 Å². The maximum absolute atomic E-state index is 3.40. The molecule has 14 heavy (non-hydrogen) atoms. The van der Waals surface area contributed by atoms with Crippen LogP contribution < -0.4 is 4.72 Å². The predicted molar refractivity (Wildman–Crippen MR) is 65.6 cm³/mol. The van der Waals surface area contributed by atoms with Crippen LogP contribution in [0.15, 0.2) is 0 Å². The first-order valence-corrected chi connectivity index (χ1v) is 6.93. The SMILES string of the molecule is CC.CC1CCN(C2CCSNC2)C1. The second-order valence-electron chi connectivity index (χ2n) is 4.03. The van der Waals surface area contributed by atoms with Gasteiger partial charge in [0.1, 0.15) is 0 Å². The molecule has 0 aromatic rings. The summed E-state index contributed by atoms with van der Waals surface area (Å²) in [6.45, 7) is 10.2. The minimum absolute atomic E-state index is 0.830. The molecule has 2 saturated heterocycles. The highest BCUT2D eigenvalue weighted by molar-refractivity contribution is 7.97. The molecule has 0 aromatic heterocycles. The fourth-order valence-corrected chi connectivity index (χ4v) is 2.98. The largest absolute Gasteiger partial charge is 0.299 e. The smallest absolute Gasteiger partial charge is 0.0238 e. The molecule has 2 fully saturated rings. The van der Waals surface area contributed by atoms with Gasteiger partial charge in [-0.15, -0.1) is 0 Å². The molecule has 2 aliphatic rings. The first-order valence-electron chi connectivity index (χ1n) is 5.95. The highest BCUT2D eigenvalue weighted by Crippen LogP contribution is 2.21. The Labute approximate surface area is 93.0 Å². The number of nitrogens with zero attached hydrogens (tertiary/aromatic N) is 1. The highest BCUT2D eigenvalue weighted by Gasteiger charge is 2.26. The molecule has 84 valence electrons. The van der Waals surface area contributed by atoms with Gasteiger partial charge in [0, 0.05) is 24.9 Å². The van der Waals surface area contributed by atoms with Gasteiger partial charge in [0.15, 0.2) is 0 Å². The van der Waals surface area contributed by atoms with Crippen LogP contribution in [0.3, 0.4) is 0 Å². The van der Waals surface area contributed by atoms with Crippen molar-refractivity contribution in [2.24, 2.45) is 5.92 Å². The zero-order valence-corrected chi connectivity index (χ0v) is 10.6. The van der Waals surface area contributed by atoms with Gasteiger partial charge in [-0.2, -0.15) is 0 Å². The lowest BCUT2D eigenvalue weighted by atomic mass is 10.1. The third-order valence-electron chi connectivity index (χ3n) is 2.95. The lowest BCUT2D eigenvalue weighted by Crippen LogP contribution is -2.42. The molecule has 2 nitrogen and oxygen atoms in total. The van der Waals surface area contributed by atoms with Crippen molar-refractivity contribution < 1.29 is 0 Å². The topological polar surface area (TPSA) is 15.3 Å². The summed E-state index contributed by atoms with van der Waals surface area (Å²) in [6.07, 6.45) is 2.79. The Hall–Kier alpha value is 0.270. The van der Waals surface area contributed by atoms with Crippen LogP contribution in [0.2, 0.25) is 0 Å². The van der Waals surface area contributed by atoms with Crippen molar-refractivity contribution in [2.75, 3.05) is 25.4 Å². The number of rotatable bonds is 1. The normalized spacial score (nSPS) is 33.6. The molecular weight excluding hydrogens is 192 g/mol. The average molecular weight is 216 g/mol. The molecule has 0 saturated carbocycles. The first kappa shape index (κ1) is 12.3. The van der Waals surface area contributed by atoms with E-state index >= 15 is 0 Å². The fraction of sp³-hybridized carbons (Fsp3) is 1.00. The van der Waals surface area contributed by atoms with Crippen molar-refractivity contribution in [3.8, 4) is 0 Å². The Morgan fingerprint density at radius 3 is 2.57 bits per heavy atom. The molecule has 0 amide bonds. The molecule has 3 heteroatoms. The lowest BCUT2D eigenvalue weighted by Gasteiger charge is -2.30. The van der Waals surface area contributed by atoms with Crippen molar-refractivity contribution in [1.82, 2.24) is 9.62 Å². The maximum Gasteiger partial charge on any atom is 0.0238 e. The summed E-state index contributed by atoms with van der Waals surface area (Å²) in [5.74, 6) is 2.22. The Morgan fingerprint density at radius 1 is 1.29 bits per heavy atom. The Morgan fingerprint density at radius 2 is 2.07 bits per heavy atom. The minimum atomic E-state index is 0.830. The Balaban J connectivity index is 0.000000461. The van der Waals surface area contributed by atoms with Crippen LogP contribution in [0.25, 0.3) is 0 Å². The lowest BCUT2D eigenvalue weighted by molar-refractivity contribution is 0.229. The molecule has 0 bridgehead atoms. The van der Waals surface area contributed by atoms with Crippen molar-refractivity contribution in [3.05, 3.63) is 0 Å². The molecule has 0 spiro atoms. The van der Waals surface area contributed by atoms with Crippen LogP contribution in [0, 0.1) is 5.92 Å². The number of nitrogens with one attached hydrogen (secondary N) is 1. The monoisotopic (exact) mass is 216 g/mol. The van der Waals surface area contributed by atoms with Crippen LogP contribution in [-0.2, 0) is 0 Å². The summed E-state index contributed by atoms with van der Waals surface area (Å²) in [4.78, 5) is 2.66. The highest BCUT2D eigenvalue weighted by atomic mass is 32.2. The van der Waals surface area contributed by atoms with E-state index < -0.39 is 0 Å². The van der Waals surface area contributed by atoms with Crippen LogP contribution in [-0.4, -0.2) is 36.3 Å². The second kappa shape index (κ2) is 6.70. The van der Waals surface area contributed by atoms with Crippen molar-refractivity contribution >= 4 is 11.9 Å². The average Bonchev–Trinajstić information content (AvgIpc) is 2.69. The van der Waals surface area contributed by atoms with Gasteiger partial charge in [-0.25, -0.2) is 0 Å². The van der Waals surface area contributed by atoms with Crippen molar-refractivity contribution in [2.45, 2.75) is 39.7 Å². The van der Waals surface area contributed by atoms with Crippen LogP contribution >= 0.6 is 11.9 Å². The zero-order valence-electron chi connectivity index (χ0n) is 9.75. The van der Waals surface area contributed by atoms with Crippen molar-refractivity contribution in [1.29, 1.82) is 0 Å². The van der Waals surface area contributed by atoms with Crippen molar-refractivity contribution in [3.63, 3.8) is 0 Å². The molecular formula is C11H24N2S. The molecule has 2 atom stereocenters. The minimum Gasteiger partial charge on any atom is -0.299 e. The van der Waals surface area contributed by atoms with Gasteiger partial charge in [0.2, 0.25) is 0 Å². The number of hydrogen-bond acceptors (Lipinski definition) is 3. The molecule has 0 aromatic carbocycles. The molecule has 1 N–H and O–H groups in total. The molecule has 0 radical (unpaired) electrons. The van der Waals surface area contributed by atoms with E-state index in [1.54, 1.807) is 0 Å². The quantitative estimate of drug-likeness (QED) is 0.678. The van der Waals surface area contributed by atoms with Crippen LogP contribution in [0.5, 0.6) is 0 Å². The summed E-state index contributed by atoms with van der Waals surface area (Å²) in [7, 11) is 0. The summed E-state index contributed by atoms with van der Waals surface area (Å²) < 4.78 is 3.40. The second-order valence-corrected chi connectivity index (χ2v) is 5.01. The van der Waals surface area contributed by atoms with Crippen LogP contribution in [0.4, 0.5) is 0 Å². The van der Waals surface area contributed by atoms with Crippen LogP contribution in [0.1, 0.15) is 33.6 Å². The van der Waals surface area contributed by atoms with E-state index in [2.05, 4.69) is 16.5 Å². The van der Waals surface area contributed by atoms with E-state index in [0.29, 0.717) is 0 Å². The van der Waals surface area contributed by atoms with Gasteiger partial charge < -0.3 is 0 Å². The third kappa shape index (κ3) is 3.44. The van der Waals surface area contributed by atoms with E-state index in [1.807, 2.05) is 25.8 Å². The Kier molecular flexibility index (Phi) is 5.90. The number of hydrogen-bond donors (Lipinski definition) is 1. The third-order valence-corrected chi connectivity index (χ3v) is 3.76. The summed E-state index contributed by atoms with van der Waals surface area (Å²) in [5, 5.41) is 0. The first-order chi connectivity index (χ1) is 6.86. The summed E-state index contributed by atoms with van der Waals surface area (Å²) in [6, 6.07) is 0.830. The van der Waals surface area contributed by atoms with Gasteiger partial charge >= 0.3 is 0 Å². The van der Waals surface area contributed by atoms with Gasteiger partial charge in [0.05, 0.1) is 0 Å². The maximum atomic E-state index is 3.40. The molecule has 2 heterocycles. The summed E-state index contributed by atoms with van der Waals surface area (Å²) >= 11 is 1.88. The molecule has 0 aliphatic carbocycles. The molecule has 2 unspecified atom stereocenters. The number of likely N-dealkylation sites (tertiary alicyclic amines) is 1. The standard InChI is InChI=1S/C9H18N2S.C2H6/c1-8-2-4-11(7-8)9-3-5-12-10-6-9;1-2/h8-10H,2-7H2,1H3;1-2H3. The van der Waals surface area contributed by atoms with E-state index in [0.717, 1.165) is 12.0 Å². The van der Waals surface area contributed by atoms with E-state index in [1.165, 1.54) is 38.2 Å². The Bertz CT molecular complexity index is 143. The molecule has 2 aliphatic heterocycles.